The molecule has 0 spiro atoms. The minimum absolute atomic E-state index is 0.117. The highest BCUT2D eigenvalue weighted by atomic mass is 32.2. The van der Waals surface area contributed by atoms with Gasteiger partial charge in [0.2, 0.25) is 10.0 Å². The Bertz CT molecular complexity index is 1080. The van der Waals surface area contributed by atoms with Gasteiger partial charge in [0.1, 0.15) is 11.6 Å². The molecule has 2 heterocycles. The number of rotatable bonds is 7. The van der Waals surface area contributed by atoms with E-state index in [1.807, 2.05) is 0 Å². The van der Waals surface area contributed by atoms with Gasteiger partial charge >= 0.3 is 0 Å². The molecule has 0 radical (unpaired) electrons. The van der Waals surface area contributed by atoms with Crippen LogP contribution in [0, 0.1) is 5.82 Å². The number of benzene rings is 2. The Balaban J connectivity index is 1.56. The van der Waals surface area contributed by atoms with Gasteiger partial charge in [0.25, 0.3) is 5.91 Å². The summed E-state index contributed by atoms with van der Waals surface area (Å²) in [5.74, 6) is -0.676. The number of nitrogens with one attached hydrogen (secondary N) is 1. The number of anilines is 2. The molecule has 0 saturated carbocycles. The van der Waals surface area contributed by atoms with Gasteiger partial charge in [-0.2, -0.15) is 4.31 Å². The number of hydrogen-bond acceptors (Lipinski definition) is 6. The van der Waals surface area contributed by atoms with Crippen molar-refractivity contribution in [3.8, 4) is 5.75 Å². The summed E-state index contributed by atoms with van der Waals surface area (Å²) in [5, 5.41) is 2.80. The number of halogens is 1. The Morgan fingerprint density at radius 3 is 2.52 bits per heavy atom. The summed E-state index contributed by atoms with van der Waals surface area (Å²) in [7, 11) is -3.72. The average Bonchev–Trinajstić information content (AvgIpc) is 2.84. The molecule has 2 fully saturated rings. The molecule has 0 aromatic heterocycles. The highest BCUT2D eigenvalue weighted by Gasteiger charge is 2.28. The zero-order valence-corrected chi connectivity index (χ0v) is 19.2. The van der Waals surface area contributed by atoms with Crippen molar-refractivity contribution in [2.24, 2.45) is 0 Å². The van der Waals surface area contributed by atoms with Crippen molar-refractivity contribution in [1.29, 1.82) is 0 Å². The first-order valence-corrected chi connectivity index (χ1v) is 12.5. The lowest BCUT2D eigenvalue weighted by Gasteiger charge is -2.31. The van der Waals surface area contributed by atoms with E-state index in [4.69, 9.17) is 9.47 Å². The zero-order chi connectivity index (χ0) is 23.3. The van der Waals surface area contributed by atoms with E-state index < -0.39 is 21.7 Å². The molecule has 10 heteroatoms. The summed E-state index contributed by atoms with van der Waals surface area (Å²) in [5.41, 5.74) is 1.19. The van der Waals surface area contributed by atoms with Crippen molar-refractivity contribution in [3.05, 3.63) is 48.3 Å². The second-order valence-corrected chi connectivity index (χ2v) is 9.98. The first-order chi connectivity index (χ1) is 15.9. The smallest absolute Gasteiger partial charge is 0.262 e. The summed E-state index contributed by atoms with van der Waals surface area (Å²) >= 11 is 0. The molecule has 0 atom stereocenters. The van der Waals surface area contributed by atoms with Gasteiger partial charge in [-0.15, -0.1) is 0 Å². The second-order valence-electron chi connectivity index (χ2n) is 8.04. The third kappa shape index (κ3) is 5.82. The first kappa shape index (κ1) is 23.5. The number of ether oxygens (including phenoxy) is 2. The zero-order valence-electron chi connectivity index (χ0n) is 18.3. The number of hydrogen-bond donors (Lipinski definition) is 1. The summed E-state index contributed by atoms with van der Waals surface area (Å²) < 4.78 is 51.7. The SMILES string of the molecule is O=C(COc1cccc(F)c1)Nc1cc(S(=O)(=O)N2CCOCC2)ccc1N1CCCCC1. The van der Waals surface area contributed by atoms with E-state index in [1.165, 1.54) is 28.6 Å². The standard InChI is InChI=1S/C23H28FN3O5S/c24-18-5-4-6-19(15-18)32-17-23(28)25-21-16-20(33(29,30)27-11-13-31-14-12-27)7-8-22(21)26-9-2-1-3-10-26/h4-8,15-16H,1-3,9-14,17H2,(H,25,28). The van der Waals surface area contributed by atoms with Crippen molar-refractivity contribution in [2.75, 3.05) is 56.2 Å². The lowest BCUT2D eigenvalue weighted by Crippen LogP contribution is -2.40. The molecule has 2 saturated heterocycles. The second kappa shape index (κ2) is 10.5. The van der Waals surface area contributed by atoms with E-state index in [9.17, 15) is 17.6 Å². The molecule has 1 N–H and O–H groups in total. The first-order valence-electron chi connectivity index (χ1n) is 11.1. The number of morpholine rings is 1. The molecule has 2 aliphatic rings. The number of amides is 1. The van der Waals surface area contributed by atoms with Crippen molar-refractivity contribution in [1.82, 2.24) is 4.31 Å². The maximum absolute atomic E-state index is 13.4. The number of carbonyl (C=O) groups excluding carboxylic acids is 1. The molecule has 0 bridgehead atoms. The Labute approximate surface area is 193 Å². The molecule has 1 amide bonds. The maximum atomic E-state index is 13.4. The molecule has 4 rings (SSSR count). The van der Waals surface area contributed by atoms with Crippen molar-refractivity contribution in [2.45, 2.75) is 24.2 Å². The van der Waals surface area contributed by atoms with Gasteiger partial charge in [-0.3, -0.25) is 4.79 Å². The van der Waals surface area contributed by atoms with E-state index in [2.05, 4.69) is 10.2 Å². The predicted molar refractivity (Wildman–Crippen MR) is 123 cm³/mol. The van der Waals surface area contributed by atoms with Crippen LogP contribution in [0.25, 0.3) is 0 Å². The summed E-state index contributed by atoms with van der Waals surface area (Å²) in [4.78, 5) is 14.9. The molecule has 2 aliphatic heterocycles. The van der Waals surface area contributed by atoms with E-state index in [0.717, 1.165) is 38.0 Å². The van der Waals surface area contributed by atoms with Crippen molar-refractivity contribution >= 4 is 27.3 Å². The molecular formula is C23H28FN3O5S. The fourth-order valence-electron chi connectivity index (χ4n) is 4.01. The fourth-order valence-corrected chi connectivity index (χ4v) is 5.45. The van der Waals surface area contributed by atoms with Crippen LogP contribution in [0.15, 0.2) is 47.4 Å². The Morgan fingerprint density at radius 1 is 1.03 bits per heavy atom. The van der Waals surface area contributed by atoms with Crippen LogP contribution in [0.4, 0.5) is 15.8 Å². The van der Waals surface area contributed by atoms with E-state index in [0.29, 0.717) is 32.0 Å². The van der Waals surface area contributed by atoms with Gasteiger partial charge in [-0.1, -0.05) is 6.07 Å². The van der Waals surface area contributed by atoms with Crippen molar-refractivity contribution in [3.63, 3.8) is 0 Å². The van der Waals surface area contributed by atoms with Crippen LogP contribution in [0.3, 0.4) is 0 Å². The van der Waals surface area contributed by atoms with Gasteiger partial charge in [0.05, 0.1) is 29.5 Å². The summed E-state index contributed by atoms with van der Waals surface area (Å²) in [6, 6.07) is 10.4. The molecular weight excluding hydrogens is 449 g/mol. The lowest BCUT2D eigenvalue weighted by molar-refractivity contribution is -0.118. The molecule has 33 heavy (non-hydrogen) atoms. The average molecular weight is 478 g/mol. The molecule has 2 aromatic rings. The normalized spacial score (nSPS) is 17.5. The highest BCUT2D eigenvalue weighted by Crippen LogP contribution is 2.32. The monoisotopic (exact) mass is 477 g/mol. The molecule has 2 aromatic carbocycles. The number of piperidine rings is 1. The minimum Gasteiger partial charge on any atom is -0.484 e. The predicted octanol–water partition coefficient (Wildman–Crippen LogP) is 2.85. The van der Waals surface area contributed by atoms with Gasteiger partial charge < -0.3 is 19.7 Å². The number of nitrogens with zero attached hydrogens (tertiary/aromatic N) is 2. The third-order valence-corrected chi connectivity index (χ3v) is 7.61. The Kier molecular flexibility index (Phi) is 7.46. The minimum atomic E-state index is -3.72. The van der Waals surface area contributed by atoms with Gasteiger partial charge in [0.15, 0.2) is 6.61 Å². The highest BCUT2D eigenvalue weighted by molar-refractivity contribution is 7.89. The van der Waals surface area contributed by atoms with Gasteiger partial charge in [0, 0.05) is 32.2 Å². The van der Waals surface area contributed by atoms with Crippen LogP contribution < -0.4 is 15.0 Å². The topological polar surface area (TPSA) is 88.2 Å². The van der Waals surface area contributed by atoms with Crippen molar-refractivity contribution < 1.29 is 27.1 Å². The summed E-state index contributed by atoms with van der Waals surface area (Å²) in [6.07, 6.45) is 3.21. The van der Waals surface area contributed by atoms with Crippen LogP contribution >= 0.6 is 0 Å². The summed E-state index contributed by atoms with van der Waals surface area (Å²) in [6.45, 7) is 2.62. The quantitative estimate of drug-likeness (QED) is 0.660. The van der Waals surface area contributed by atoms with Gasteiger partial charge in [-0.25, -0.2) is 12.8 Å². The van der Waals surface area contributed by atoms with E-state index in [1.54, 1.807) is 18.2 Å². The molecule has 0 aliphatic carbocycles. The van der Waals surface area contributed by atoms with Crippen LogP contribution in [0.5, 0.6) is 5.75 Å². The molecule has 0 unspecified atom stereocenters. The fraction of sp³-hybridized carbons (Fsp3) is 0.435. The van der Waals surface area contributed by atoms with Crippen LogP contribution in [0.1, 0.15) is 19.3 Å². The largest absolute Gasteiger partial charge is 0.484 e. The van der Waals surface area contributed by atoms with E-state index in [-0.39, 0.29) is 17.3 Å². The molecule has 178 valence electrons. The third-order valence-electron chi connectivity index (χ3n) is 5.71. The Morgan fingerprint density at radius 2 is 1.79 bits per heavy atom. The van der Waals surface area contributed by atoms with Crippen LogP contribution in [0.2, 0.25) is 0 Å². The van der Waals surface area contributed by atoms with Crippen LogP contribution in [-0.4, -0.2) is 64.6 Å². The molecule has 8 nitrogen and oxygen atoms in total. The number of sulfonamides is 1. The van der Waals surface area contributed by atoms with E-state index >= 15 is 0 Å². The van der Waals surface area contributed by atoms with Gasteiger partial charge in [-0.05, 0) is 49.6 Å². The van der Waals surface area contributed by atoms with Crippen LogP contribution in [-0.2, 0) is 19.6 Å². The Hall–Kier alpha value is -2.69. The maximum Gasteiger partial charge on any atom is 0.262 e. The lowest BCUT2D eigenvalue weighted by atomic mass is 10.1. The number of carbonyl (C=O) groups is 1.